The largest absolute Gasteiger partial charge is 0.508 e. The molecule has 0 radical (unpaired) electrons. The number of phenolic OH excluding ortho intramolecular Hbond substituents is 2. The molecule has 2 fully saturated rings. The number of nitrogens with zero attached hydrogens (tertiary/aromatic N) is 1. The number of phenols is 2. The van der Waals surface area contributed by atoms with Gasteiger partial charge in [0, 0.05) is 37.3 Å². The van der Waals surface area contributed by atoms with Gasteiger partial charge in [0.25, 0.3) is 0 Å². The molecule has 0 aliphatic carbocycles. The number of unbranched alkanes of at least 4 members (excludes halogenated alkanes) is 3. The predicted molar refractivity (Wildman–Crippen MR) is 400 cm³/mol. The topological polar surface area (TPSA) is 577 Å². The smallest absolute Gasteiger partial charge is 0.327 e. The lowest BCUT2D eigenvalue weighted by Gasteiger charge is -2.31. The zero-order chi connectivity index (χ0) is 81.2. The third-order valence-corrected chi connectivity index (χ3v) is 20.3. The number of hydrogen-bond acceptors (Lipinski definition) is 23. The van der Waals surface area contributed by atoms with Gasteiger partial charge in [0.15, 0.2) is 0 Å². The van der Waals surface area contributed by atoms with Crippen LogP contribution in [0.3, 0.4) is 0 Å². The number of carboxylic acid groups (broad SMARTS) is 2. The highest BCUT2D eigenvalue weighted by molar-refractivity contribution is 8.76. The van der Waals surface area contributed by atoms with Crippen LogP contribution < -0.4 is 75.3 Å². The standard InChI is InChI=1S/C71H109N15O21S2/c1-8-10-15-45-60(95)79-49(31-37(3)4)64(99)74-38(5)59(94)75-48(27-28-56(92)93)63(98)76-46(16-11-9-2)62(97)83-53(71(106)107)36-109-108-35-52(82-68(103)54-18-14-30-86(54)70(105)58(40(7)88)84-55(91)34-73)67(102)85-57(39(6)87)69(104)81-51(33-42-21-25-44(90)26-22-42)66(101)78-47(17-12-13-29-72)61(96)80-50(65(100)77-45)32-41-19-23-43(89)24-20-41/h19-26,37-40,45-54,57-58,87-90H,8-18,27-36,72-73H2,1-7H3,(H,74,99)(H,75,94)(H,76,98)(H,77,100)(H,78,101)(H,79,95)(H,80,96)(H,81,104)(H,82,103)(H,83,97)(H,84,91)(H,85,102)(H,92,93)(H,106,107)/t38-,39+,40+,45-,46-,47-,48-,49-,50-,51-,52-,53-,54-,57-,58-/m0/s1. The molecule has 4 rings (SSSR count). The molecule has 13 amide bonds. The Balaban J connectivity index is 1.92. The maximum atomic E-state index is 15.0. The van der Waals surface area contributed by atoms with Gasteiger partial charge >= 0.3 is 11.9 Å². The van der Waals surface area contributed by atoms with Crippen molar-refractivity contribution in [1.29, 1.82) is 0 Å². The van der Waals surface area contributed by atoms with E-state index in [0.29, 0.717) is 36.8 Å². The van der Waals surface area contributed by atoms with Gasteiger partial charge in [-0.25, -0.2) is 4.79 Å². The van der Waals surface area contributed by atoms with E-state index in [4.69, 9.17) is 11.5 Å². The number of aliphatic hydroxyl groups excluding tert-OH is 2. The lowest BCUT2D eigenvalue weighted by Crippen LogP contribution is -2.62. The van der Waals surface area contributed by atoms with E-state index in [0.717, 1.165) is 33.4 Å². The molecule has 36 nitrogen and oxygen atoms in total. The molecule has 0 bridgehead atoms. The van der Waals surface area contributed by atoms with Gasteiger partial charge in [-0.3, -0.25) is 67.1 Å². The van der Waals surface area contributed by atoms with Crippen molar-refractivity contribution < 1.29 is 103 Å². The average Bonchev–Trinajstić information content (AvgIpc) is 1.82. The quantitative estimate of drug-likeness (QED) is 0.0320. The summed E-state index contributed by atoms with van der Waals surface area (Å²) in [5.41, 5.74) is 12.1. The van der Waals surface area contributed by atoms with Crippen molar-refractivity contribution in [2.24, 2.45) is 17.4 Å². The molecule has 2 aromatic carbocycles. The molecule has 38 heteroatoms. The monoisotopic (exact) mass is 1570 g/mol. The Kier molecular flexibility index (Phi) is 39.6. The molecule has 109 heavy (non-hydrogen) atoms. The Morgan fingerprint density at radius 1 is 0.550 bits per heavy atom. The Labute approximate surface area is 640 Å². The third kappa shape index (κ3) is 31.3. The SMILES string of the molecule is CCCC[C@@H]1NC(=O)[C@H](CCC(=O)O)NC(=O)[C@H](C)NC(=O)[C@H](CC(C)C)NC(=O)[C@H](CCCC)NC(=O)[C@H](Cc2ccc(O)cc2)NC(=O)[C@H](CCCCN)NC(=O)[C@H](Cc2ccc(O)cc2)NC(=O)[C@H]([C@@H](C)O)NC(=O)[C@@H](NC(=O)[C@@H]2CCCN2C(=O)[C@@H](NC(=O)CN)[C@@H](C)O)CSSC[C@@H](C(=O)O)NC1=O. The predicted octanol–water partition coefficient (Wildman–Crippen LogP) is -2.67. The zero-order valence-corrected chi connectivity index (χ0v) is 64.1. The van der Waals surface area contributed by atoms with Crippen molar-refractivity contribution in [2.45, 2.75) is 242 Å². The Bertz CT molecular complexity index is 3430. The summed E-state index contributed by atoms with van der Waals surface area (Å²) in [6.45, 7) is 10.2. The van der Waals surface area contributed by atoms with E-state index in [2.05, 4.69) is 63.8 Å². The maximum absolute atomic E-state index is 15.0. The summed E-state index contributed by atoms with van der Waals surface area (Å²) < 4.78 is 0. The molecule has 606 valence electrons. The third-order valence-electron chi connectivity index (χ3n) is 17.9. The van der Waals surface area contributed by atoms with Crippen molar-refractivity contribution in [2.75, 3.05) is 31.1 Å². The van der Waals surface area contributed by atoms with E-state index in [1.165, 1.54) is 62.4 Å². The molecule has 0 saturated carbocycles. The number of nitrogens with one attached hydrogen (secondary N) is 12. The summed E-state index contributed by atoms with van der Waals surface area (Å²) in [4.78, 5) is 213. The Hall–Kier alpha value is -9.37. The molecule has 2 aliphatic heterocycles. The summed E-state index contributed by atoms with van der Waals surface area (Å²) in [6, 6.07) is -9.63. The van der Waals surface area contributed by atoms with Crippen LogP contribution in [0.15, 0.2) is 48.5 Å². The van der Waals surface area contributed by atoms with E-state index in [1.54, 1.807) is 20.8 Å². The number of aromatic hydroxyl groups is 2. The van der Waals surface area contributed by atoms with Gasteiger partial charge < -0.3 is 111 Å². The van der Waals surface area contributed by atoms with Crippen molar-refractivity contribution >= 4 is 110 Å². The average molecular weight is 1570 g/mol. The number of likely N-dealkylation sites (tertiary alicyclic amines) is 1. The lowest BCUT2D eigenvalue weighted by molar-refractivity contribution is -0.144. The van der Waals surface area contributed by atoms with Crippen LogP contribution in [0.25, 0.3) is 0 Å². The van der Waals surface area contributed by atoms with Gasteiger partial charge in [-0.05, 0) is 126 Å². The van der Waals surface area contributed by atoms with E-state index in [9.17, 15) is 103 Å². The fourth-order valence-corrected chi connectivity index (χ4v) is 14.0. The Morgan fingerprint density at radius 3 is 1.47 bits per heavy atom. The van der Waals surface area contributed by atoms with Gasteiger partial charge in [-0.15, -0.1) is 0 Å². The molecule has 2 heterocycles. The van der Waals surface area contributed by atoms with Crippen LogP contribution in [0, 0.1) is 5.92 Å². The first-order valence-corrected chi connectivity index (χ1v) is 39.1. The number of benzene rings is 2. The summed E-state index contributed by atoms with van der Waals surface area (Å²) in [7, 11) is 1.53. The minimum atomic E-state index is -1.99. The second-order valence-electron chi connectivity index (χ2n) is 27.5. The maximum Gasteiger partial charge on any atom is 0.327 e. The van der Waals surface area contributed by atoms with E-state index in [1.807, 2.05) is 6.92 Å². The van der Waals surface area contributed by atoms with E-state index in [-0.39, 0.29) is 94.7 Å². The normalized spacial score (nSPS) is 24.9. The highest BCUT2D eigenvalue weighted by atomic mass is 33.1. The second kappa shape index (κ2) is 46.9. The number of hydrogen-bond donors (Lipinski definition) is 20. The number of nitrogens with two attached hydrogens (primary N) is 2. The van der Waals surface area contributed by atoms with Gasteiger partial charge in [0.05, 0.1) is 18.8 Å². The molecule has 0 spiro atoms. The first-order valence-electron chi connectivity index (χ1n) is 36.6. The number of amides is 13. The summed E-state index contributed by atoms with van der Waals surface area (Å²) in [5, 5.41) is 93.1. The molecular weight excluding hydrogens is 1460 g/mol. The van der Waals surface area contributed by atoms with Crippen LogP contribution in [0.5, 0.6) is 11.5 Å². The Morgan fingerprint density at radius 2 is 1.00 bits per heavy atom. The fourth-order valence-electron chi connectivity index (χ4n) is 11.7. The van der Waals surface area contributed by atoms with Gasteiger partial charge in [0.1, 0.15) is 90.0 Å². The number of carbonyl (C=O) groups excluding carboxylic acids is 13. The molecule has 15 atom stereocenters. The molecular formula is C71H109N15O21S2. The van der Waals surface area contributed by atoms with E-state index >= 15 is 0 Å². The number of carbonyl (C=O) groups is 15. The van der Waals surface area contributed by atoms with Crippen LogP contribution in [0.2, 0.25) is 0 Å². The highest BCUT2D eigenvalue weighted by Gasteiger charge is 2.42. The zero-order valence-electron chi connectivity index (χ0n) is 62.4. The first kappa shape index (κ1) is 92.0. The number of aliphatic carboxylic acids is 2. The number of aliphatic hydroxyl groups is 2. The second-order valence-corrected chi connectivity index (χ2v) is 30.0. The van der Waals surface area contributed by atoms with Crippen LogP contribution in [-0.4, -0.2) is 246 Å². The van der Waals surface area contributed by atoms with Crippen molar-refractivity contribution in [1.82, 2.24) is 68.7 Å². The molecule has 2 aliphatic rings. The summed E-state index contributed by atoms with van der Waals surface area (Å²) >= 11 is 0. The van der Waals surface area contributed by atoms with Crippen LogP contribution >= 0.6 is 21.6 Å². The minimum absolute atomic E-state index is 0.00552. The first-order chi connectivity index (χ1) is 51.6. The van der Waals surface area contributed by atoms with Crippen LogP contribution in [-0.2, 0) is 84.8 Å². The van der Waals surface area contributed by atoms with Crippen molar-refractivity contribution in [3.8, 4) is 11.5 Å². The highest BCUT2D eigenvalue weighted by Crippen LogP contribution is 2.26. The van der Waals surface area contributed by atoms with E-state index < -0.39 is 210 Å². The molecule has 0 aromatic heterocycles. The molecule has 2 saturated heterocycles. The van der Waals surface area contributed by atoms with Crippen LogP contribution in [0.1, 0.15) is 149 Å². The van der Waals surface area contributed by atoms with Gasteiger partial charge in [-0.1, -0.05) is 99.2 Å². The summed E-state index contributed by atoms with van der Waals surface area (Å²) in [5.74, 6) is -17.4. The van der Waals surface area contributed by atoms with Crippen molar-refractivity contribution in [3.63, 3.8) is 0 Å². The molecule has 0 unspecified atom stereocenters. The molecule has 22 N–H and O–H groups in total. The fraction of sp³-hybridized carbons (Fsp3) is 0.620. The van der Waals surface area contributed by atoms with Crippen molar-refractivity contribution in [3.05, 3.63) is 59.7 Å². The van der Waals surface area contributed by atoms with Gasteiger partial charge in [0.2, 0.25) is 76.8 Å². The lowest BCUT2D eigenvalue weighted by atomic mass is 10.00. The number of rotatable bonds is 27. The number of carboxylic acids is 2. The van der Waals surface area contributed by atoms with Gasteiger partial charge in [-0.2, -0.15) is 0 Å². The summed E-state index contributed by atoms with van der Waals surface area (Å²) in [6.07, 6.45) is -3.19. The van der Waals surface area contributed by atoms with Crippen LogP contribution in [0.4, 0.5) is 0 Å². The molecule has 2 aromatic rings. The minimum Gasteiger partial charge on any atom is -0.508 e.